The molecule has 0 aliphatic rings. The Bertz CT molecular complexity index is 169. The van der Waals surface area contributed by atoms with E-state index in [0.717, 1.165) is 6.54 Å². The molecule has 1 N–H and O–H groups in total. The minimum Gasteiger partial charge on any atom is -0.311 e. The molecule has 0 radical (unpaired) electrons. The van der Waals surface area contributed by atoms with Crippen LogP contribution in [-0.2, 0) is 4.74 Å². The van der Waals surface area contributed by atoms with Gasteiger partial charge in [0.2, 0.25) is 0 Å². The number of hydrogen-bond donors (Lipinski definition) is 1. The molecule has 0 aromatic carbocycles. The maximum Gasteiger partial charge on any atom is 0.522 e. The van der Waals surface area contributed by atoms with E-state index in [4.69, 9.17) is 0 Å². The van der Waals surface area contributed by atoms with Crippen molar-refractivity contribution < 1.29 is 17.9 Å². The van der Waals surface area contributed by atoms with E-state index in [-0.39, 0.29) is 18.7 Å². The molecule has 16 heavy (non-hydrogen) atoms. The summed E-state index contributed by atoms with van der Waals surface area (Å²) < 4.78 is 38.7. The molecule has 0 saturated carbocycles. The van der Waals surface area contributed by atoms with E-state index in [1.165, 1.54) is 0 Å². The quantitative estimate of drug-likeness (QED) is 0.769. The van der Waals surface area contributed by atoms with Crippen molar-refractivity contribution in [1.29, 1.82) is 0 Å². The Morgan fingerprint density at radius 2 is 1.69 bits per heavy atom. The first kappa shape index (κ1) is 15.7. The Morgan fingerprint density at radius 3 is 2.12 bits per heavy atom. The van der Waals surface area contributed by atoms with Crippen LogP contribution in [0.5, 0.6) is 0 Å². The zero-order chi connectivity index (χ0) is 12.8. The predicted molar refractivity (Wildman–Crippen MR) is 57.3 cm³/mol. The van der Waals surface area contributed by atoms with E-state index in [2.05, 4.69) is 10.1 Å². The third-order valence-corrected chi connectivity index (χ3v) is 1.89. The highest BCUT2D eigenvalue weighted by atomic mass is 19.4. The van der Waals surface area contributed by atoms with Gasteiger partial charge in [0, 0.05) is 25.2 Å². The first-order valence-electron chi connectivity index (χ1n) is 5.24. The smallest absolute Gasteiger partial charge is 0.311 e. The molecule has 0 aliphatic heterocycles. The fourth-order valence-corrected chi connectivity index (χ4v) is 1.05. The molecule has 0 saturated heterocycles. The number of likely N-dealkylation sites (N-methyl/N-ethyl adjacent to an activating group) is 1. The lowest BCUT2D eigenvalue weighted by molar-refractivity contribution is -0.324. The fraction of sp³-hybridized carbons (Fsp3) is 1.00. The summed E-state index contributed by atoms with van der Waals surface area (Å²) in [5.41, 5.74) is 0.0311. The second-order valence-electron chi connectivity index (χ2n) is 4.77. The van der Waals surface area contributed by atoms with Gasteiger partial charge in [-0.25, -0.2) is 0 Å². The maximum atomic E-state index is 11.7. The molecule has 0 fully saturated rings. The fourth-order valence-electron chi connectivity index (χ4n) is 1.05. The summed E-state index contributed by atoms with van der Waals surface area (Å²) in [6, 6.07) is 0. The van der Waals surface area contributed by atoms with Gasteiger partial charge in [0.1, 0.15) is 0 Å². The Morgan fingerprint density at radius 1 is 1.12 bits per heavy atom. The lowest BCUT2D eigenvalue weighted by atomic mass is 10.1. The molecule has 6 heteroatoms. The zero-order valence-electron chi connectivity index (χ0n) is 10.3. The molecule has 0 amide bonds. The van der Waals surface area contributed by atoms with Crippen molar-refractivity contribution in [3.8, 4) is 0 Å². The number of hydrogen-bond acceptors (Lipinski definition) is 3. The topological polar surface area (TPSA) is 24.5 Å². The molecule has 0 unspecified atom stereocenters. The summed E-state index contributed by atoms with van der Waals surface area (Å²) in [5, 5.41) is 3.25. The van der Waals surface area contributed by atoms with Gasteiger partial charge in [0.25, 0.3) is 0 Å². The van der Waals surface area contributed by atoms with Gasteiger partial charge >= 0.3 is 6.36 Å². The molecular formula is C10H21F3N2O. The molecule has 0 rings (SSSR count). The van der Waals surface area contributed by atoms with Crippen LogP contribution in [0.2, 0.25) is 0 Å². The van der Waals surface area contributed by atoms with E-state index in [1.807, 2.05) is 20.8 Å². The molecule has 0 aromatic heterocycles. The molecule has 0 aromatic rings. The zero-order valence-corrected chi connectivity index (χ0v) is 10.3. The van der Waals surface area contributed by atoms with Crippen LogP contribution in [0, 0.1) is 0 Å². The monoisotopic (exact) mass is 242 g/mol. The molecule has 0 aliphatic carbocycles. The second-order valence-corrected chi connectivity index (χ2v) is 4.77. The van der Waals surface area contributed by atoms with Gasteiger partial charge in [-0.05, 0) is 27.8 Å². The van der Waals surface area contributed by atoms with Crippen molar-refractivity contribution in [2.75, 3.05) is 33.3 Å². The first-order valence-corrected chi connectivity index (χ1v) is 5.24. The predicted octanol–water partition coefficient (Wildman–Crippen LogP) is 1.84. The minimum atomic E-state index is -4.52. The van der Waals surface area contributed by atoms with Crippen molar-refractivity contribution in [3.05, 3.63) is 0 Å². The van der Waals surface area contributed by atoms with Crippen LogP contribution in [0.4, 0.5) is 13.2 Å². The van der Waals surface area contributed by atoms with E-state index >= 15 is 0 Å². The highest BCUT2D eigenvalue weighted by Gasteiger charge is 2.28. The van der Waals surface area contributed by atoms with E-state index < -0.39 is 6.36 Å². The van der Waals surface area contributed by atoms with E-state index in [0.29, 0.717) is 6.54 Å². The van der Waals surface area contributed by atoms with Gasteiger partial charge in [0.15, 0.2) is 0 Å². The van der Waals surface area contributed by atoms with Crippen LogP contribution >= 0.6 is 0 Å². The largest absolute Gasteiger partial charge is 0.522 e. The summed E-state index contributed by atoms with van der Waals surface area (Å²) in [4.78, 5) is 1.80. The summed E-state index contributed by atoms with van der Waals surface area (Å²) in [6.07, 6.45) is -4.52. The van der Waals surface area contributed by atoms with Crippen LogP contribution in [0.3, 0.4) is 0 Å². The SMILES string of the molecule is CN(CCNC(C)(C)C)CCOC(F)(F)F. The van der Waals surface area contributed by atoms with Gasteiger partial charge < -0.3 is 10.2 Å². The highest BCUT2D eigenvalue weighted by Crippen LogP contribution is 2.15. The third-order valence-electron chi connectivity index (χ3n) is 1.89. The standard InChI is InChI=1S/C10H21F3N2O/c1-9(2,3)14-5-6-15(4)7-8-16-10(11,12)13/h14H,5-8H2,1-4H3. The van der Waals surface area contributed by atoms with Gasteiger partial charge in [0.05, 0.1) is 6.61 Å². The molecule has 0 spiro atoms. The molecule has 0 atom stereocenters. The first-order chi connectivity index (χ1) is 7.10. The van der Waals surface area contributed by atoms with Crippen LogP contribution < -0.4 is 5.32 Å². The summed E-state index contributed by atoms with van der Waals surface area (Å²) >= 11 is 0. The Balaban J connectivity index is 3.49. The molecule has 3 nitrogen and oxygen atoms in total. The third kappa shape index (κ3) is 11.7. The van der Waals surface area contributed by atoms with Crippen molar-refractivity contribution in [2.24, 2.45) is 0 Å². The number of halogens is 3. The Hall–Kier alpha value is -0.330. The van der Waals surface area contributed by atoms with Crippen LogP contribution in [-0.4, -0.2) is 50.1 Å². The Labute approximate surface area is 94.9 Å². The van der Waals surface area contributed by atoms with Crippen molar-refractivity contribution in [1.82, 2.24) is 10.2 Å². The normalized spacial score (nSPS) is 13.5. The lowest BCUT2D eigenvalue weighted by Crippen LogP contribution is -2.41. The number of rotatable bonds is 6. The van der Waals surface area contributed by atoms with Gasteiger partial charge in [-0.2, -0.15) is 0 Å². The van der Waals surface area contributed by atoms with Crippen molar-refractivity contribution in [3.63, 3.8) is 0 Å². The van der Waals surface area contributed by atoms with Crippen molar-refractivity contribution in [2.45, 2.75) is 32.7 Å². The number of ether oxygens (including phenoxy) is 1. The van der Waals surface area contributed by atoms with Crippen molar-refractivity contribution >= 4 is 0 Å². The second kappa shape index (κ2) is 6.42. The molecule has 0 bridgehead atoms. The minimum absolute atomic E-state index is 0.0311. The van der Waals surface area contributed by atoms with Gasteiger partial charge in [-0.15, -0.1) is 13.2 Å². The number of alkyl halides is 3. The lowest BCUT2D eigenvalue weighted by Gasteiger charge is -2.23. The maximum absolute atomic E-state index is 11.7. The highest BCUT2D eigenvalue weighted by molar-refractivity contribution is 4.70. The average Bonchev–Trinajstić information content (AvgIpc) is 1.98. The summed E-state index contributed by atoms with van der Waals surface area (Å²) in [7, 11) is 1.77. The number of nitrogens with one attached hydrogen (secondary N) is 1. The summed E-state index contributed by atoms with van der Waals surface area (Å²) in [5.74, 6) is 0. The van der Waals surface area contributed by atoms with Crippen LogP contribution in [0.25, 0.3) is 0 Å². The molecular weight excluding hydrogens is 221 g/mol. The van der Waals surface area contributed by atoms with Crippen LogP contribution in [0.15, 0.2) is 0 Å². The Kier molecular flexibility index (Phi) is 6.28. The molecule has 98 valence electrons. The number of nitrogens with zero attached hydrogens (tertiary/aromatic N) is 1. The average molecular weight is 242 g/mol. The van der Waals surface area contributed by atoms with E-state index in [1.54, 1.807) is 11.9 Å². The summed E-state index contributed by atoms with van der Waals surface area (Å²) in [6.45, 7) is 7.50. The van der Waals surface area contributed by atoms with Gasteiger partial charge in [-0.1, -0.05) is 0 Å². The van der Waals surface area contributed by atoms with Crippen LogP contribution in [0.1, 0.15) is 20.8 Å². The van der Waals surface area contributed by atoms with Gasteiger partial charge in [-0.3, -0.25) is 4.74 Å². The van der Waals surface area contributed by atoms with E-state index in [9.17, 15) is 13.2 Å². The molecule has 0 heterocycles.